The van der Waals surface area contributed by atoms with E-state index in [1.807, 2.05) is 52.0 Å². The summed E-state index contributed by atoms with van der Waals surface area (Å²) in [6, 6.07) is 10.4. The molecule has 1 atom stereocenters. The Kier molecular flexibility index (Phi) is 7.30. The van der Waals surface area contributed by atoms with Gasteiger partial charge in [0.15, 0.2) is 0 Å². The third kappa shape index (κ3) is 5.97. The highest BCUT2D eigenvalue weighted by atomic mass is 32.2. The van der Waals surface area contributed by atoms with Crippen LogP contribution in [0.5, 0.6) is 5.75 Å². The Balaban J connectivity index is 2.03. The molecule has 29 heavy (non-hydrogen) atoms. The molecule has 7 heteroatoms. The van der Waals surface area contributed by atoms with Crippen LogP contribution in [0.1, 0.15) is 29.2 Å². The number of hydrogen-bond donors (Lipinski definition) is 1. The predicted octanol–water partition coefficient (Wildman–Crippen LogP) is 3.27. The topological polar surface area (TPSA) is 75.7 Å². The number of aryl methyl sites for hydroxylation is 4. The van der Waals surface area contributed by atoms with Crippen LogP contribution >= 0.6 is 0 Å². The van der Waals surface area contributed by atoms with Gasteiger partial charge < -0.3 is 10.1 Å². The highest BCUT2D eigenvalue weighted by Crippen LogP contribution is 2.24. The lowest BCUT2D eigenvalue weighted by atomic mass is 10.1. The predicted molar refractivity (Wildman–Crippen MR) is 117 cm³/mol. The molecule has 0 saturated carbocycles. The molecule has 0 unspecified atom stereocenters. The van der Waals surface area contributed by atoms with Gasteiger partial charge in [-0.1, -0.05) is 18.2 Å². The Labute approximate surface area is 173 Å². The summed E-state index contributed by atoms with van der Waals surface area (Å²) in [5.41, 5.74) is 4.62. The third-order valence-electron chi connectivity index (χ3n) is 4.84. The first-order chi connectivity index (χ1) is 13.5. The molecule has 6 nitrogen and oxygen atoms in total. The van der Waals surface area contributed by atoms with E-state index in [2.05, 4.69) is 5.32 Å². The summed E-state index contributed by atoms with van der Waals surface area (Å²) in [5, 5.41) is 2.77. The van der Waals surface area contributed by atoms with E-state index in [0.717, 1.165) is 38.6 Å². The molecular weight excluding hydrogens is 388 g/mol. The zero-order chi connectivity index (χ0) is 21.8. The largest absolute Gasteiger partial charge is 0.491 e. The van der Waals surface area contributed by atoms with Crippen molar-refractivity contribution in [3.05, 3.63) is 58.7 Å². The number of benzene rings is 2. The molecule has 2 rings (SSSR count). The highest BCUT2D eigenvalue weighted by molar-refractivity contribution is 7.92. The first-order valence-electron chi connectivity index (χ1n) is 9.55. The average Bonchev–Trinajstić information content (AvgIpc) is 2.63. The Bertz CT molecular complexity index is 986. The van der Waals surface area contributed by atoms with E-state index in [9.17, 15) is 13.2 Å². The second-order valence-corrected chi connectivity index (χ2v) is 9.27. The molecule has 1 N–H and O–H groups in total. The lowest BCUT2D eigenvalue weighted by Crippen LogP contribution is -2.48. The van der Waals surface area contributed by atoms with Gasteiger partial charge in [-0.3, -0.25) is 9.10 Å². The number of amides is 1. The van der Waals surface area contributed by atoms with Crippen molar-refractivity contribution in [3.63, 3.8) is 0 Å². The van der Waals surface area contributed by atoms with Crippen LogP contribution in [0.2, 0.25) is 0 Å². The quantitative estimate of drug-likeness (QED) is 0.668. The fourth-order valence-electron chi connectivity index (χ4n) is 3.02. The molecule has 0 fully saturated rings. The summed E-state index contributed by atoms with van der Waals surface area (Å²) in [7, 11) is -3.63. The van der Waals surface area contributed by atoms with Gasteiger partial charge in [0.05, 0.1) is 18.5 Å². The zero-order valence-corrected chi connectivity index (χ0v) is 18.8. The van der Waals surface area contributed by atoms with Gasteiger partial charge in [0.25, 0.3) is 0 Å². The first kappa shape index (κ1) is 22.7. The maximum absolute atomic E-state index is 12.6. The number of nitrogens with one attached hydrogen (secondary N) is 1. The van der Waals surface area contributed by atoms with Gasteiger partial charge in [0.2, 0.25) is 15.9 Å². The molecule has 0 aliphatic heterocycles. The van der Waals surface area contributed by atoms with Crippen molar-refractivity contribution >= 4 is 21.6 Å². The number of carbonyl (C=O) groups excluding carboxylic acids is 1. The minimum atomic E-state index is -3.63. The summed E-state index contributed by atoms with van der Waals surface area (Å²) >= 11 is 0. The van der Waals surface area contributed by atoms with E-state index in [-0.39, 0.29) is 12.5 Å². The molecule has 2 aromatic rings. The molecular formula is C22H30N2O4S. The standard InChI is InChI=1S/C22H30N2O4S/c1-15-7-8-17(3)21(13-15)28-12-11-23-22(25)19(5)24(29(6,26)27)20-10-9-16(2)18(4)14-20/h7-10,13-14,19H,11-12H2,1-6H3,(H,23,25)/t19-/m1/s1. The molecule has 0 saturated heterocycles. The number of nitrogens with zero attached hydrogens (tertiary/aromatic N) is 1. The summed E-state index contributed by atoms with van der Waals surface area (Å²) < 4.78 is 31.7. The number of rotatable bonds is 8. The molecule has 2 aromatic carbocycles. The monoisotopic (exact) mass is 418 g/mol. The summed E-state index contributed by atoms with van der Waals surface area (Å²) in [5.74, 6) is 0.401. The van der Waals surface area contributed by atoms with Crippen molar-refractivity contribution in [2.45, 2.75) is 40.7 Å². The van der Waals surface area contributed by atoms with Crippen molar-refractivity contribution < 1.29 is 17.9 Å². The molecule has 0 radical (unpaired) electrons. The number of hydrogen-bond acceptors (Lipinski definition) is 4. The second kappa shape index (κ2) is 9.31. The van der Waals surface area contributed by atoms with Gasteiger partial charge in [-0.25, -0.2) is 8.42 Å². The number of carbonyl (C=O) groups is 1. The van der Waals surface area contributed by atoms with Crippen molar-refractivity contribution in [2.75, 3.05) is 23.7 Å². The van der Waals surface area contributed by atoms with E-state index in [1.165, 1.54) is 0 Å². The lowest BCUT2D eigenvalue weighted by molar-refractivity contribution is -0.121. The lowest BCUT2D eigenvalue weighted by Gasteiger charge is -2.28. The van der Waals surface area contributed by atoms with Gasteiger partial charge in [0.1, 0.15) is 18.4 Å². The van der Waals surface area contributed by atoms with Gasteiger partial charge in [-0.2, -0.15) is 0 Å². The van der Waals surface area contributed by atoms with Crippen LogP contribution in [0.4, 0.5) is 5.69 Å². The van der Waals surface area contributed by atoms with E-state index in [1.54, 1.807) is 19.1 Å². The minimum Gasteiger partial charge on any atom is -0.491 e. The Hall–Kier alpha value is -2.54. The molecule has 1 amide bonds. The van der Waals surface area contributed by atoms with Gasteiger partial charge in [-0.15, -0.1) is 0 Å². The zero-order valence-electron chi connectivity index (χ0n) is 17.9. The molecule has 0 aliphatic rings. The van der Waals surface area contributed by atoms with Crippen LogP contribution in [0.15, 0.2) is 36.4 Å². The van der Waals surface area contributed by atoms with Crippen LogP contribution < -0.4 is 14.4 Å². The maximum atomic E-state index is 12.6. The fraction of sp³-hybridized carbons (Fsp3) is 0.409. The van der Waals surface area contributed by atoms with Crippen molar-refractivity contribution in [1.29, 1.82) is 0 Å². The minimum absolute atomic E-state index is 0.279. The van der Waals surface area contributed by atoms with Gasteiger partial charge in [0, 0.05) is 0 Å². The van der Waals surface area contributed by atoms with Crippen molar-refractivity contribution in [1.82, 2.24) is 5.32 Å². The van der Waals surface area contributed by atoms with Gasteiger partial charge in [-0.05, 0) is 75.1 Å². The van der Waals surface area contributed by atoms with E-state index >= 15 is 0 Å². The number of anilines is 1. The van der Waals surface area contributed by atoms with E-state index < -0.39 is 16.1 Å². The van der Waals surface area contributed by atoms with Crippen LogP contribution in [0.3, 0.4) is 0 Å². The molecule has 0 spiro atoms. The highest BCUT2D eigenvalue weighted by Gasteiger charge is 2.29. The SMILES string of the molecule is Cc1ccc(C)c(OCCNC(=O)[C@@H](C)N(c2ccc(C)c(C)c2)S(C)(=O)=O)c1. The van der Waals surface area contributed by atoms with Gasteiger partial charge >= 0.3 is 0 Å². The smallest absolute Gasteiger partial charge is 0.243 e. The van der Waals surface area contributed by atoms with Crippen LogP contribution in [-0.2, 0) is 14.8 Å². The summed E-state index contributed by atoms with van der Waals surface area (Å²) in [6.45, 7) is 9.97. The van der Waals surface area contributed by atoms with Crippen LogP contribution in [0, 0.1) is 27.7 Å². The Morgan fingerprint density at radius 3 is 2.31 bits per heavy atom. The van der Waals surface area contributed by atoms with Crippen molar-refractivity contribution in [2.24, 2.45) is 0 Å². The molecule has 0 bridgehead atoms. The summed E-state index contributed by atoms with van der Waals surface area (Å²) in [6.07, 6.45) is 1.11. The van der Waals surface area contributed by atoms with E-state index in [4.69, 9.17) is 4.74 Å². The molecule has 0 aliphatic carbocycles. The van der Waals surface area contributed by atoms with Crippen molar-refractivity contribution in [3.8, 4) is 5.75 Å². The first-order valence-corrected chi connectivity index (χ1v) is 11.4. The second-order valence-electron chi connectivity index (χ2n) is 7.41. The molecule has 0 aromatic heterocycles. The van der Waals surface area contributed by atoms with Crippen LogP contribution in [-0.4, -0.2) is 39.8 Å². The maximum Gasteiger partial charge on any atom is 0.243 e. The third-order valence-corrected chi connectivity index (χ3v) is 6.08. The summed E-state index contributed by atoms with van der Waals surface area (Å²) in [4.78, 5) is 12.6. The Morgan fingerprint density at radius 2 is 1.69 bits per heavy atom. The average molecular weight is 419 g/mol. The molecule has 158 valence electrons. The Morgan fingerprint density at radius 1 is 1.03 bits per heavy atom. The normalized spacial score (nSPS) is 12.3. The molecule has 0 heterocycles. The fourth-order valence-corrected chi connectivity index (χ4v) is 4.18. The number of sulfonamides is 1. The number of ether oxygens (including phenoxy) is 1. The van der Waals surface area contributed by atoms with Crippen LogP contribution in [0.25, 0.3) is 0 Å². The van der Waals surface area contributed by atoms with E-state index in [0.29, 0.717) is 12.3 Å².